The van der Waals surface area contributed by atoms with Gasteiger partial charge in [-0.25, -0.2) is 0 Å². The van der Waals surface area contributed by atoms with Crippen LogP contribution in [0.5, 0.6) is 0 Å². The summed E-state index contributed by atoms with van der Waals surface area (Å²) in [7, 11) is 0. The first-order valence-corrected chi connectivity index (χ1v) is 27.1. The van der Waals surface area contributed by atoms with Gasteiger partial charge in [0.15, 0.2) is 6.10 Å². The third kappa shape index (κ3) is 51.4. The summed E-state index contributed by atoms with van der Waals surface area (Å²) in [5, 5.41) is 0. The lowest BCUT2D eigenvalue weighted by Gasteiger charge is -2.18. The molecule has 372 valence electrons. The molecule has 0 fully saturated rings. The number of ether oxygens (including phenoxy) is 3. The van der Waals surface area contributed by atoms with Crippen LogP contribution >= 0.6 is 0 Å². The molecular formula is C59H100O6. The van der Waals surface area contributed by atoms with E-state index in [0.717, 1.165) is 89.9 Å². The van der Waals surface area contributed by atoms with E-state index in [-0.39, 0.29) is 44.0 Å². The lowest BCUT2D eigenvalue weighted by atomic mass is 10.1. The maximum atomic E-state index is 12.8. The van der Waals surface area contributed by atoms with E-state index in [1.165, 1.54) is 116 Å². The Hall–Kier alpha value is -3.41. The Labute approximate surface area is 401 Å². The number of carbonyl (C=O) groups is 3. The van der Waals surface area contributed by atoms with Crippen molar-refractivity contribution in [2.75, 3.05) is 13.2 Å². The lowest BCUT2D eigenvalue weighted by Crippen LogP contribution is -2.30. The monoisotopic (exact) mass is 905 g/mol. The molecule has 65 heavy (non-hydrogen) atoms. The van der Waals surface area contributed by atoms with Crippen molar-refractivity contribution in [1.29, 1.82) is 0 Å². The van der Waals surface area contributed by atoms with Gasteiger partial charge >= 0.3 is 17.9 Å². The molecule has 6 nitrogen and oxygen atoms in total. The second-order valence-electron chi connectivity index (χ2n) is 17.8. The summed E-state index contributed by atoms with van der Waals surface area (Å²) in [6, 6.07) is 0. The normalized spacial score (nSPS) is 12.7. The molecule has 1 atom stereocenters. The fourth-order valence-corrected chi connectivity index (χ4v) is 7.24. The maximum Gasteiger partial charge on any atom is 0.306 e. The maximum absolute atomic E-state index is 12.8. The fourth-order valence-electron chi connectivity index (χ4n) is 7.24. The lowest BCUT2D eigenvalue weighted by molar-refractivity contribution is -0.167. The van der Waals surface area contributed by atoms with Gasteiger partial charge in [-0.2, -0.15) is 0 Å². The molecule has 0 N–H and O–H groups in total. The molecule has 0 aromatic rings. The summed E-state index contributed by atoms with van der Waals surface area (Å²) >= 11 is 0. The van der Waals surface area contributed by atoms with Crippen molar-refractivity contribution in [2.45, 2.75) is 258 Å². The molecule has 6 heteroatoms. The molecule has 0 saturated carbocycles. The molecule has 0 aliphatic heterocycles. The van der Waals surface area contributed by atoms with Crippen molar-refractivity contribution in [3.8, 4) is 0 Å². The van der Waals surface area contributed by atoms with Gasteiger partial charge in [0.1, 0.15) is 13.2 Å². The predicted molar refractivity (Wildman–Crippen MR) is 279 cm³/mol. The molecule has 0 rings (SSSR count). The van der Waals surface area contributed by atoms with Crippen molar-refractivity contribution in [3.63, 3.8) is 0 Å². The summed E-state index contributed by atoms with van der Waals surface area (Å²) in [6.45, 7) is 6.52. The fraction of sp³-hybridized carbons (Fsp3) is 0.712. The van der Waals surface area contributed by atoms with Gasteiger partial charge in [0, 0.05) is 19.3 Å². The minimum absolute atomic E-state index is 0.112. The molecule has 0 bridgehead atoms. The van der Waals surface area contributed by atoms with Crippen molar-refractivity contribution in [1.82, 2.24) is 0 Å². The number of rotatable bonds is 48. The Kier molecular flexibility index (Phi) is 50.4. The van der Waals surface area contributed by atoms with Crippen LogP contribution in [0.2, 0.25) is 0 Å². The minimum Gasteiger partial charge on any atom is -0.462 e. The van der Waals surface area contributed by atoms with E-state index in [2.05, 4.69) is 106 Å². The average Bonchev–Trinajstić information content (AvgIpc) is 3.30. The van der Waals surface area contributed by atoms with Crippen LogP contribution in [0.1, 0.15) is 252 Å². The molecule has 0 radical (unpaired) electrons. The zero-order valence-corrected chi connectivity index (χ0v) is 42.5. The first-order valence-electron chi connectivity index (χ1n) is 27.1. The summed E-state index contributed by atoms with van der Waals surface area (Å²) in [6.07, 6.45) is 68.6. The number of unbranched alkanes of at least 4 members (excludes halogenated alkanes) is 24. The Morgan fingerprint density at radius 3 is 1.06 bits per heavy atom. The van der Waals surface area contributed by atoms with E-state index in [1.54, 1.807) is 0 Å². The highest BCUT2D eigenvalue weighted by atomic mass is 16.6. The summed E-state index contributed by atoms with van der Waals surface area (Å²) in [5.74, 6) is -1.01. The molecule has 0 spiro atoms. The molecule has 0 aliphatic carbocycles. The molecular weight excluding hydrogens is 805 g/mol. The molecule has 0 saturated heterocycles. The Balaban J connectivity index is 4.54. The highest BCUT2D eigenvalue weighted by Crippen LogP contribution is 2.13. The standard InChI is InChI=1S/C59H100O6/c1-4-7-10-13-16-19-22-25-28-30-32-34-37-40-43-46-49-52-58(61)64-55-56(54-63-57(60)51-48-45-42-39-36-33-27-24-21-18-15-12-9-6-3)65-59(62)53-50-47-44-41-38-35-31-29-26-23-20-17-14-11-8-5-2/h16,19,25,28-29,31-36,38,40,43,56H,4-15,17-18,20-24,26-27,30,37,39,41-42,44-55H2,1-3H3/b19-16-,28-25-,31-29-,34-32-,36-33-,38-35-,43-40-. The molecule has 0 amide bonds. The van der Waals surface area contributed by atoms with Crippen molar-refractivity contribution >= 4 is 17.9 Å². The highest BCUT2D eigenvalue weighted by Gasteiger charge is 2.19. The topological polar surface area (TPSA) is 78.9 Å². The molecule has 0 aromatic carbocycles. The van der Waals surface area contributed by atoms with Crippen LogP contribution in [-0.2, 0) is 28.6 Å². The first-order chi connectivity index (χ1) is 32.0. The Morgan fingerprint density at radius 1 is 0.323 bits per heavy atom. The second-order valence-corrected chi connectivity index (χ2v) is 17.8. The second kappa shape index (κ2) is 53.2. The van der Waals surface area contributed by atoms with Gasteiger partial charge in [0.25, 0.3) is 0 Å². The first kappa shape index (κ1) is 61.6. The predicted octanol–water partition coefficient (Wildman–Crippen LogP) is 18.0. The highest BCUT2D eigenvalue weighted by molar-refractivity contribution is 5.71. The van der Waals surface area contributed by atoms with E-state index < -0.39 is 6.10 Å². The summed E-state index contributed by atoms with van der Waals surface area (Å²) < 4.78 is 16.7. The van der Waals surface area contributed by atoms with E-state index >= 15 is 0 Å². The van der Waals surface area contributed by atoms with Crippen LogP contribution in [-0.4, -0.2) is 37.2 Å². The largest absolute Gasteiger partial charge is 0.462 e. The van der Waals surface area contributed by atoms with E-state index in [9.17, 15) is 14.4 Å². The number of hydrogen-bond donors (Lipinski definition) is 0. The summed E-state index contributed by atoms with van der Waals surface area (Å²) in [4.78, 5) is 38.0. The van der Waals surface area contributed by atoms with Crippen molar-refractivity contribution in [2.24, 2.45) is 0 Å². The van der Waals surface area contributed by atoms with Gasteiger partial charge in [-0.1, -0.05) is 209 Å². The van der Waals surface area contributed by atoms with Gasteiger partial charge in [-0.05, 0) is 109 Å². The number of allylic oxidation sites excluding steroid dienone is 14. The van der Waals surface area contributed by atoms with Gasteiger partial charge in [-0.15, -0.1) is 0 Å². The number of hydrogen-bond acceptors (Lipinski definition) is 6. The van der Waals surface area contributed by atoms with Crippen LogP contribution < -0.4 is 0 Å². The van der Waals surface area contributed by atoms with E-state index in [1.807, 2.05) is 0 Å². The van der Waals surface area contributed by atoms with Gasteiger partial charge in [-0.3, -0.25) is 14.4 Å². The summed E-state index contributed by atoms with van der Waals surface area (Å²) in [5.41, 5.74) is 0. The van der Waals surface area contributed by atoms with Gasteiger partial charge < -0.3 is 14.2 Å². The zero-order chi connectivity index (χ0) is 47.2. The van der Waals surface area contributed by atoms with E-state index in [0.29, 0.717) is 12.8 Å². The molecule has 0 heterocycles. The third-order valence-corrected chi connectivity index (χ3v) is 11.4. The van der Waals surface area contributed by atoms with Crippen LogP contribution in [0.25, 0.3) is 0 Å². The minimum atomic E-state index is -0.818. The van der Waals surface area contributed by atoms with E-state index in [4.69, 9.17) is 14.2 Å². The smallest absolute Gasteiger partial charge is 0.306 e. The number of carbonyl (C=O) groups excluding carboxylic acids is 3. The molecule has 1 unspecified atom stereocenters. The quantitative estimate of drug-likeness (QED) is 0.0199. The van der Waals surface area contributed by atoms with Crippen molar-refractivity contribution in [3.05, 3.63) is 85.1 Å². The van der Waals surface area contributed by atoms with Crippen LogP contribution in [0.15, 0.2) is 85.1 Å². The Bertz CT molecular complexity index is 1270. The molecule has 0 aromatic heterocycles. The molecule has 0 aliphatic rings. The van der Waals surface area contributed by atoms with Gasteiger partial charge in [0.2, 0.25) is 0 Å². The third-order valence-electron chi connectivity index (χ3n) is 11.4. The average molecular weight is 905 g/mol. The van der Waals surface area contributed by atoms with Crippen LogP contribution in [0, 0.1) is 0 Å². The van der Waals surface area contributed by atoms with Crippen LogP contribution in [0.3, 0.4) is 0 Å². The van der Waals surface area contributed by atoms with Gasteiger partial charge in [0.05, 0.1) is 0 Å². The van der Waals surface area contributed by atoms with Crippen LogP contribution in [0.4, 0.5) is 0 Å². The number of esters is 3. The van der Waals surface area contributed by atoms with Crippen molar-refractivity contribution < 1.29 is 28.6 Å². The SMILES string of the molecule is CCCCC/C=C\C/C=C\C/C=C\C/C=C\CCCC(=O)OCC(COC(=O)CCCCC/C=C\CCCCCCCCC)OC(=O)CCCCC/C=C\C=C/CCCCCCCCC. The Morgan fingerprint density at radius 2 is 0.615 bits per heavy atom. The zero-order valence-electron chi connectivity index (χ0n) is 42.5.